The average molecular weight is 279 g/mol. The highest BCUT2D eigenvalue weighted by molar-refractivity contribution is 6.04. The van der Waals surface area contributed by atoms with Gasteiger partial charge in [0, 0.05) is 5.56 Å². The molecule has 1 aromatic rings. The molecule has 0 spiro atoms. The van der Waals surface area contributed by atoms with Gasteiger partial charge in [-0.1, -0.05) is 0 Å². The van der Waals surface area contributed by atoms with E-state index in [1.807, 2.05) is 26.0 Å². The Morgan fingerprint density at radius 3 is 2.15 bits per heavy atom. The van der Waals surface area contributed by atoms with E-state index in [0.717, 1.165) is 11.1 Å². The predicted octanol–water partition coefficient (Wildman–Crippen LogP) is 1.65. The Morgan fingerprint density at radius 1 is 1.20 bits per heavy atom. The molecule has 0 fully saturated rings. The molecule has 5 nitrogen and oxygen atoms in total. The van der Waals surface area contributed by atoms with Gasteiger partial charge < -0.3 is 14.8 Å². The van der Waals surface area contributed by atoms with Gasteiger partial charge in [-0.2, -0.15) is 0 Å². The van der Waals surface area contributed by atoms with Crippen LogP contribution in [0, 0.1) is 13.8 Å². The molecule has 0 aromatic heterocycles. The fraction of sp³-hybridized carbons (Fsp3) is 0.467. The van der Waals surface area contributed by atoms with Gasteiger partial charge in [0.2, 0.25) is 0 Å². The summed E-state index contributed by atoms with van der Waals surface area (Å²) >= 11 is 0. The van der Waals surface area contributed by atoms with E-state index in [2.05, 4.69) is 10.1 Å². The fourth-order valence-electron chi connectivity index (χ4n) is 2.18. The van der Waals surface area contributed by atoms with Crippen LogP contribution in [0.5, 0.6) is 5.75 Å². The molecule has 0 bridgehead atoms. The van der Waals surface area contributed by atoms with Crippen LogP contribution in [0.15, 0.2) is 12.1 Å². The topological polar surface area (TPSA) is 64.6 Å². The maximum atomic E-state index is 12.6. The van der Waals surface area contributed by atoms with Crippen LogP contribution in [-0.2, 0) is 9.53 Å². The standard InChI is InChI=1S/C15H21NO4/c1-9-6-11(19-4)7-10(2)14(9)15(18)12(16-3)8-13(17)20-5/h6-7,12,16H,8H2,1-5H3. The van der Waals surface area contributed by atoms with Gasteiger partial charge in [-0.25, -0.2) is 0 Å². The Balaban J connectivity index is 3.09. The van der Waals surface area contributed by atoms with Crippen molar-refractivity contribution in [2.24, 2.45) is 0 Å². The molecule has 0 aliphatic carbocycles. The lowest BCUT2D eigenvalue weighted by molar-refractivity contribution is -0.140. The van der Waals surface area contributed by atoms with Crippen molar-refractivity contribution in [3.8, 4) is 5.75 Å². The smallest absolute Gasteiger partial charge is 0.307 e. The van der Waals surface area contributed by atoms with Crippen molar-refractivity contribution < 1.29 is 19.1 Å². The van der Waals surface area contributed by atoms with Crippen molar-refractivity contribution in [2.45, 2.75) is 26.3 Å². The summed E-state index contributed by atoms with van der Waals surface area (Å²) in [4.78, 5) is 23.9. The van der Waals surface area contributed by atoms with Crippen molar-refractivity contribution in [1.29, 1.82) is 0 Å². The van der Waals surface area contributed by atoms with E-state index in [1.54, 1.807) is 14.2 Å². The number of rotatable bonds is 6. The van der Waals surface area contributed by atoms with Gasteiger partial charge in [-0.15, -0.1) is 0 Å². The number of hydrogen-bond donors (Lipinski definition) is 1. The first-order valence-corrected chi connectivity index (χ1v) is 6.38. The van der Waals surface area contributed by atoms with E-state index in [0.29, 0.717) is 11.3 Å². The minimum Gasteiger partial charge on any atom is -0.497 e. The van der Waals surface area contributed by atoms with Gasteiger partial charge in [0.25, 0.3) is 0 Å². The Hall–Kier alpha value is -1.88. The summed E-state index contributed by atoms with van der Waals surface area (Å²) in [6.07, 6.45) is 0.0107. The van der Waals surface area contributed by atoms with Gasteiger partial charge in [0.15, 0.2) is 5.78 Å². The maximum Gasteiger partial charge on any atom is 0.307 e. The molecule has 1 aromatic carbocycles. The summed E-state index contributed by atoms with van der Waals surface area (Å²) in [5.74, 6) is 0.183. The molecule has 1 unspecified atom stereocenters. The van der Waals surface area contributed by atoms with Crippen molar-refractivity contribution in [3.63, 3.8) is 0 Å². The number of ketones is 1. The van der Waals surface area contributed by atoms with Crippen molar-refractivity contribution in [3.05, 3.63) is 28.8 Å². The van der Waals surface area contributed by atoms with Gasteiger partial charge in [-0.05, 0) is 44.2 Å². The van der Waals surface area contributed by atoms with Crippen LogP contribution in [-0.4, -0.2) is 39.1 Å². The zero-order valence-corrected chi connectivity index (χ0v) is 12.6. The van der Waals surface area contributed by atoms with Crippen LogP contribution in [0.2, 0.25) is 0 Å². The third-order valence-corrected chi connectivity index (χ3v) is 3.25. The minimum atomic E-state index is -0.590. The van der Waals surface area contributed by atoms with Crippen molar-refractivity contribution in [1.82, 2.24) is 5.32 Å². The normalized spacial score (nSPS) is 11.8. The molecular formula is C15H21NO4. The summed E-state index contributed by atoms with van der Waals surface area (Å²) in [6.45, 7) is 3.71. The number of likely N-dealkylation sites (N-methyl/N-ethyl adjacent to an activating group) is 1. The second-order valence-corrected chi connectivity index (χ2v) is 4.62. The Morgan fingerprint density at radius 2 is 1.75 bits per heavy atom. The van der Waals surface area contributed by atoms with Gasteiger partial charge in [0.05, 0.1) is 26.7 Å². The molecule has 20 heavy (non-hydrogen) atoms. The molecule has 0 saturated carbocycles. The first-order valence-electron chi connectivity index (χ1n) is 6.38. The fourth-order valence-corrected chi connectivity index (χ4v) is 2.18. The minimum absolute atomic E-state index is 0.0107. The van der Waals surface area contributed by atoms with E-state index in [1.165, 1.54) is 7.11 Å². The molecule has 0 radical (unpaired) electrons. The molecule has 0 heterocycles. The number of Topliss-reactive ketones (excluding diaryl/α,β-unsaturated/α-hetero) is 1. The molecule has 1 N–H and O–H groups in total. The monoisotopic (exact) mass is 279 g/mol. The molecular weight excluding hydrogens is 258 g/mol. The highest BCUT2D eigenvalue weighted by Crippen LogP contribution is 2.23. The number of ether oxygens (including phenoxy) is 2. The molecule has 1 rings (SSSR count). The molecule has 0 amide bonds. The maximum absolute atomic E-state index is 12.6. The lowest BCUT2D eigenvalue weighted by Gasteiger charge is -2.17. The first kappa shape index (κ1) is 16.2. The largest absolute Gasteiger partial charge is 0.497 e. The van der Waals surface area contributed by atoms with E-state index in [9.17, 15) is 9.59 Å². The number of carbonyl (C=O) groups is 2. The third-order valence-electron chi connectivity index (χ3n) is 3.25. The summed E-state index contributed by atoms with van der Waals surface area (Å²) in [7, 11) is 4.55. The number of hydrogen-bond acceptors (Lipinski definition) is 5. The second kappa shape index (κ2) is 7.05. The van der Waals surface area contributed by atoms with Crippen molar-refractivity contribution in [2.75, 3.05) is 21.3 Å². The summed E-state index contributed by atoms with van der Waals surface area (Å²) in [5.41, 5.74) is 2.28. The van der Waals surface area contributed by atoms with Gasteiger partial charge in [0.1, 0.15) is 5.75 Å². The zero-order valence-electron chi connectivity index (χ0n) is 12.6. The molecule has 1 atom stereocenters. The Labute approximate surface area is 119 Å². The third kappa shape index (κ3) is 3.57. The number of esters is 1. The highest BCUT2D eigenvalue weighted by Gasteiger charge is 2.24. The molecule has 0 saturated heterocycles. The highest BCUT2D eigenvalue weighted by atomic mass is 16.5. The Kier molecular flexibility index (Phi) is 5.70. The van der Waals surface area contributed by atoms with Gasteiger partial charge in [-0.3, -0.25) is 9.59 Å². The van der Waals surface area contributed by atoms with E-state index >= 15 is 0 Å². The van der Waals surface area contributed by atoms with E-state index in [-0.39, 0.29) is 12.2 Å². The first-order chi connectivity index (χ1) is 9.44. The number of methoxy groups -OCH3 is 2. The number of benzene rings is 1. The molecule has 0 aliphatic heterocycles. The number of nitrogens with one attached hydrogen (secondary N) is 1. The van der Waals surface area contributed by atoms with Gasteiger partial charge >= 0.3 is 5.97 Å². The second-order valence-electron chi connectivity index (χ2n) is 4.62. The average Bonchev–Trinajstić information content (AvgIpc) is 2.43. The van der Waals surface area contributed by atoms with E-state index < -0.39 is 12.0 Å². The van der Waals surface area contributed by atoms with Crippen LogP contribution in [0.4, 0.5) is 0 Å². The van der Waals surface area contributed by atoms with Crippen LogP contribution >= 0.6 is 0 Å². The Bertz CT molecular complexity index is 488. The van der Waals surface area contributed by atoms with Crippen LogP contribution < -0.4 is 10.1 Å². The predicted molar refractivity (Wildman–Crippen MR) is 76.3 cm³/mol. The van der Waals surface area contributed by atoms with Crippen LogP contribution in [0.3, 0.4) is 0 Å². The number of aryl methyl sites for hydroxylation is 2. The SMILES string of the molecule is CNC(CC(=O)OC)C(=O)c1c(C)cc(OC)cc1C. The lowest BCUT2D eigenvalue weighted by atomic mass is 9.93. The van der Waals surface area contributed by atoms with Crippen LogP contribution in [0.25, 0.3) is 0 Å². The number of carbonyl (C=O) groups excluding carboxylic acids is 2. The summed E-state index contributed by atoms with van der Waals surface area (Å²) < 4.78 is 9.79. The zero-order chi connectivity index (χ0) is 15.3. The van der Waals surface area contributed by atoms with Crippen molar-refractivity contribution >= 4 is 11.8 Å². The lowest BCUT2D eigenvalue weighted by Crippen LogP contribution is -2.37. The van der Waals surface area contributed by atoms with E-state index in [4.69, 9.17) is 4.74 Å². The molecule has 5 heteroatoms. The van der Waals surface area contributed by atoms with Crippen LogP contribution in [0.1, 0.15) is 27.9 Å². The molecule has 110 valence electrons. The summed E-state index contributed by atoms with van der Waals surface area (Å²) in [6, 6.07) is 3.03. The molecule has 0 aliphatic rings. The summed E-state index contributed by atoms with van der Waals surface area (Å²) in [5, 5.41) is 2.87. The quantitative estimate of drug-likeness (QED) is 0.633.